The van der Waals surface area contributed by atoms with Crippen molar-refractivity contribution in [3.8, 4) is 0 Å². The van der Waals surface area contributed by atoms with Crippen molar-refractivity contribution in [1.82, 2.24) is 0 Å². The van der Waals surface area contributed by atoms with Crippen molar-refractivity contribution < 1.29 is 4.92 Å². The highest BCUT2D eigenvalue weighted by atomic mass is 79.9. The molecule has 6 heteroatoms. The highest BCUT2D eigenvalue weighted by Gasteiger charge is 2.22. The SMILES string of the molecule is Br.N=C1Cc2ccccc2CN1c1cccc([N+](=O)[O-])c1. The summed E-state index contributed by atoms with van der Waals surface area (Å²) in [6, 6.07) is 14.4. The number of rotatable bonds is 2. The lowest BCUT2D eigenvalue weighted by Crippen LogP contribution is -2.35. The third-order valence-corrected chi connectivity index (χ3v) is 3.48. The van der Waals surface area contributed by atoms with Crippen LogP contribution in [0.2, 0.25) is 0 Å². The second-order valence-electron chi connectivity index (χ2n) is 4.76. The Morgan fingerprint density at radius 2 is 1.81 bits per heavy atom. The fourth-order valence-corrected chi connectivity index (χ4v) is 2.45. The highest BCUT2D eigenvalue weighted by molar-refractivity contribution is 8.93. The van der Waals surface area contributed by atoms with Gasteiger partial charge in [-0.25, -0.2) is 0 Å². The summed E-state index contributed by atoms with van der Waals surface area (Å²) in [7, 11) is 0. The van der Waals surface area contributed by atoms with Crippen LogP contribution in [0.5, 0.6) is 0 Å². The number of hydrogen-bond acceptors (Lipinski definition) is 3. The predicted octanol–water partition coefficient (Wildman–Crippen LogP) is 3.71. The number of amidine groups is 1. The second kappa shape index (κ2) is 6.05. The number of nitro groups is 1. The first-order chi connectivity index (χ1) is 9.65. The van der Waals surface area contributed by atoms with E-state index in [4.69, 9.17) is 5.41 Å². The summed E-state index contributed by atoms with van der Waals surface area (Å²) in [4.78, 5) is 12.3. The van der Waals surface area contributed by atoms with E-state index in [2.05, 4.69) is 0 Å². The molecule has 0 radical (unpaired) electrons. The number of non-ortho nitro benzene ring substituents is 1. The van der Waals surface area contributed by atoms with Crippen molar-refractivity contribution >= 4 is 34.2 Å². The molecule has 0 atom stereocenters. The van der Waals surface area contributed by atoms with Gasteiger partial charge in [-0.15, -0.1) is 17.0 Å². The highest BCUT2D eigenvalue weighted by Crippen LogP contribution is 2.27. The summed E-state index contributed by atoms with van der Waals surface area (Å²) in [5.41, 5.74) is 3.06. The van der Waals surface area contributed by atoms with Crippen molar-refractivity contribution in [3.05, 3.63) is 69.8 Å². The molecule has 1 N–H and O–H groups in total. The fourth-order valence-electron chi connectivity index (χ4n) is 2.45. The van der Waals surface area contributed by atoms with Crippen molar-refractivity contribution in [2.75, 3.05) is 4.90 Å². The minimum absolute atomic E-state index is 0. The molecule has 5 nitrogen and oxygen atoms in total. The molecule has 1 heterocycles. The van der Waals surface area contributed by atoms with E-state index in [0.29, 0.717) is 24.5 Å². The zero-order valence-corrected chi connectivity index (χ0v) is 12.9. The quantitative estimate of drug-likeness (QED) is 0.664. The number of nitro benzene ring substituents is 1. The Morgan fingerprint density at radius 1 is 1.10 bits per heavy atom. The lowest BCUT2D eigenvalue weighted by atomic mass is 9.98. The maximum atomic E-state index is 10.8. The first-order valence-corrected chi connectivity index (χ1v) is 6.31. The summed E-state index contributed by atoms with van der Waals surface area (Å²) in [5.74, 6) is 0.462. The molecule has 0 spiro atoms. The minimum atomic E-state index is -0.412. The maximum absolute atomic E-state index is 10.8. The smallest absolute Gasteiger partial charge is 0.271 e. The zero-order valence-electron chi connectivity index (χ0n) is 11.2. The van der Waals surface area contributed by atoms with Gasteiger partial charge in [-0.3, -0.25) is 15.5 Å². The predicted molar refractivity (Wildman–Crippen MR) is 87.5 cm³/mol. The van der Waals surface area contributed by atoms with Gasteiger partial charge in [-0.1, -0.05) is 30.3 Å². The van der Waals surface area contributed by atoms with Gasteiger partial charge in [0.2, 0.25) is 0 Å². The van der Waals surface area contributed by atoms with Crippen LogP contribution in [0.25, 0.3) is 0 Å². The maximum Gasteiger partial charge on any atom is 0.271 e. The average molecular weight is 348 g/mol. The number of halogens is 1. The van der Waals surface area contributed by atoms with Crippen LogP contribution < -0.4 is 4.90 Å². The molecular formula is C15H14BrN3O2. The molecular weight excluding hydrogens is 334 g/mol. The third kappa shape index (κ3) is 2.95. The number of anilines is 1. The van der Waals surface area contributed by atoms with Crippen molar-refractivity contribution in [1.29, 1.82) is 5.41 Å². The molecule has 0 amide bonds. The molecule has 108 valence electrons. The summed E-state index contributed by atoms with van der Waals surface area (Å²) < 4.78 is 0. The molecule has 1 aliphatic heterocycles. The molecule has 0 aliphatic carbocycles. The number of nitrogens with zero attached hydrogens (tertiary/aromatic N) is 2. The van der Waals surface area contributed by atoms with Crippen LogP contribution >= 0.6 is 17.0 Å². The van der Waals surface area contributed by atoms with Crippen molar-refractivity contribution in [2.24, 2.45) is 0 Å². The van der Waals surface area contributed by atoms with Gasteiger partial charge in [0.1, 0.15) is 5.84 Å². The summed E-state index contributed by atoms with van der Waals surface area (Å²) in [6.45, 7) is 0.580. The van der Waals surface area contributed by atoms with Gasteiger partial charge < -0.3 is 4.90 Å². The van der Waals surface area contributed by atoms with E-state index >= 15 is 0 Å². The van der Waals surface area contributed by atoms with Crippen LogP contribution in [0.1, 0.15) is 11.1 Å². The van der Waals surface area contributed by atoms with Crippen LogP contribution in [-0.4, -0.2) is 10.8 Å². The van der Waals surface area contributed by atoms with Gasteiger partial charge in [-0.05, 0) is 17.2 Å². The monoisotopic (exact) mass is 347 g/mol. The van der Waals surface area contributed by atoms with E-state index in [0.717, 1.165) is 11.1 Å². The Labute approximate surface area is 132 Å². The molecule has 2 aromatic carbocycles. The first-order valence-electron chi connectivity index (χ1n) is 6.31. The largest absolute Gasteiger partial charge is 0.325 e. The van der Waals surface area contributed by atoms with Gasteiger partial charge >= 0.3 is 0 Å². The number of hydrogen-bond donors (Lipinski definition) is 1. The van der Waals surface area contributed by atoms with Crippen LogP contribution in [-0.2, 0) is 13.0 Å². The van der Waals surface area contributed by atoms with Crippen LogP contribution in [0.4, 0.5) is 11.4 Å². The Bertz CT molecular complexity index is 703. The van der Waals surface area contributed by atoms with E-state index in [1.165, 1.54) is 12.1 Å². The molecule has 0 bridgehead atoms. The number of nitrogens with one attached hydrogen (secondary N) is 1. The summed E-state index contributed by atoms with van der Waals surface area (Å²) >= 11 is 0. The molecule has 0 fully saturated rings. The lowest BCUT2D eigenvalue weighted by Gasteiger charge is -2.31. The molecule has 2 aromatic rings. The molecule has 0 saturated carbocycles. The summed E-state index contributed by atoms with van der Waals surface area (Å²) in [5, 5.41) is 19.0. The van der Waals surface area contributed by atoms with Crippen molar-refractivity contribution in [2.45, 2.75) is 13.0 Å². The van der Waals surface area contributed by atoms with Crippen LogP contribution in [0.3, 0.4) is 0 Å². The van der Waals surface area contributed by atoms with Crippen molar-refractivity contribution in [3.63, 3.8) is 0 Å². The van der Waals surface area contributed by atoms with Gasteiger partial charge in [0, 0.05) is 30.8 Å². The number of fused-ring (bicyclic) bond motifs is 1. The van der Waals surface area contributed by atoms with Gasteiger partial charge in [-0.2, -0.15) is 0 Å². The lowest BCUT2D eigenvalue weighted by molar-refractivity contribution is -0.384. The third-order valence-electron chi connectivity index (χ3n) is 3.48. The minimum Gasteiger partial charge on any atom is -0.325 e. The Hall–Kier alpha value is -2.21. The van der Waals surface area contributed by atoms with E-state index in [-0.39, 0.29) is 22.7 Å². The molecule has 0 unspecified atom stereocenters. The molecule has 0 aromatic heterocycles. The van der Waals surface area contributed by atoms with Gasteiger partial charge in [0.15, 0.2) is 0 Å². The first kappa shape index (κ1) is 15.2. The van der Waals surface area contributed by atoms with Crippen LogP contribution in [0.15, 0.2) is 48.5 Å². The van der Waals surface area contributed by atoms with Crippen LogP contribution in [0, 0.1) is 15.5 Å². The topological polar surface area (TPSA) is 70.2 Å². The Morgan fingerprint density at radius 3 is 2.52 bits per heavy atom. The van der Waals surface area contributed by atoms with Gasteiger partial charge in [0.05, 0.1) is 4.92 Å². The van der Waals surface area contributed by atoms with Gasteiger partial charge in [0.25, 0.3) is 5.69 Å². The number of benzene rings is 2. The van der Waals surface area contributed by atoms with E-state index in [9.17, 15) is 10.1 Å². The Kier molecular flexibility index (Phi) is 4.37. The molecule has 1 aliphatic rings. The molecule has 3 rings (SSSR count). The second-order valence-corrected chi connectivity index (χ2v) is 4.76. The Balaban J connectivity index is 0.00000161. The molecule has 0 saturated heterocycles. The normalized spacial score (nSPS) is 13.3. The standard InChI is InChI=1S/C15H13N3O2.BrH/c16-15-8-11-4-1-2-5-12(11)10-17(15)13-6-3-7-14(9-13)18(19)20;/h1-7,9,16H,8,10H2;1H. The summed E-state index contributed by atoms with van der Waals surface area (Å²) in [6.07, 6.45) is 0.554. The van der Waals surface area contributed by atoms with E-state index < -0.39 is 4.92 Å². The molecule has 21 heavy (non-hydrogen) atoms. The average Bonchev–Trinajstić information content (AvgIpc) is 2.46. The van der Waals surface area contributed by atoms with E-state index in [1.807, 2.05) is 29.2 Å². The van der Waals surface area contributed by atoms with E-state index in [1.54, 1.807) is 12.1 Å². The fraction of sp³-hybridized carbons (Fsp3) is 0.133. The zero-order chi connectivity index (χ0) is 14.1.